The average molecular weight is 339 g/mol. The molecule has 1 aromatic heterocycles. The number of aromatic nitrogens is 2. The van der Waals surface area contributed by atoms with Crippen LogP contribution >= 0.6 is 0 Å². The molecule has 0 unspecified atom stereocenters. The highest BCUT2D eigenvalue weighted by Crippen LogP contribution is 2.18. The van der Waals surface area contributed by atoms with E-state index >= 15 is 0 Å². The number of anilines is 1. The van der Waals surface area contributed by atoms with Gasteiger partial charge in [-0.25, -0.2) is 0 Å². The van der Waals surface area contributed by atoms with Crippen molar-refractivity contribution >= 4 is 22.6 Å². The molecule has 7 nitrogen and oxygen atoms in total. The second-order valence-electron chi connectivity index (χ2n) is 5.62. The number of nitrogens with one attached hydrogen (secondary N) is 1. The molecule has 0 aliphatic rings. The SMILES string of the molecule is COc1cccc(C(=O)Nc2ccc3c(c2)n(C)c(=O)c(=O)n3C)c1. The van der Waals surface area contributed by atoms with Crippen LogP contribution in [0.15, 0.2) is 52.1 Å². The Morgan fingerprint density at radius 1 is 0.960 bits per heavy atom. The topological polar surface area (TPSA) is 82.3 Å². The van der Waals surface area contributed by atoms with Crippen molar-refractivity contribution in [2.45, 2.75) is 0 Å². The van der Waals surface area contributed by atoms with Crippen molar-refractivity contribution in [1.82, 2.24) is 9.13 Å². The van der Waals surface area contributed by atoms with Crippen molar-refractivity contribution in [2.75, 3.05) is 12.4 Å². The molecule has 0 atom stereocenters. The van der Waals surface area contributed by atoms with E-state index < -0.39 is 11.1 Å². The monoisotopic (exact) mass is 339 g/mol. The van der Waals surface area contributed by atoms with Crippen LogP contribution < -0.4 is 21.2 Å². The molecule has 128 valence electrons. The van der Waals surface area contributed by atoms with E-state index in [1.165, 1.54) is 23.3 Å². The zero-order valence-corrected chi connectivity index (χ0v) is 14.1. The van der Waals surface area contributed by atoms with Gasteiger partial charge in [0.25, 0.3) is 5.91 Å². The Labute approximate surface area is 143 Å². The Morgan fingerprint density at radius 3 is 2.32 bits per heavy atom. The van der Waals surface area contributed by atoms with Crippen LogP contribution in [0.2, 0.25) is 0 Å². The van der Waals surface area contributed by atoms with E-state index in [1.807, 2.05) is 0 Å². The number of hydrogen-bond acceptors (Lipinski definition) is 4. The quantitative estimate of drug-likeness (QED) is 0.733. The van der Waals surface area contributed by atoms with Crippen molar-refractivity contribution in [2.24, 2.45) is 14.1 Å². The van der Waals surface area contributed by atoms with Crippen LogP contribution in [-0.2, 0) is 14.1 Å². The van der Waals surface area contributed by atoms with Crippen molar-refractivity contribution in [3.8, 4) is 5.75 Å². The summed E-state index contributed by atoms with van der Waals surface area (Å²) in [5.74, 6) is 0.289. The molecule has 0 radical (unpaired) electrons. The molecule has 0 aliphatic carbocycles. The van der Waals surface area contributed by atoms with Gasteiger partial charge >= 0.3 is 11.1 Å². The van der Waals surface area contributed by atoms with Gasteiger partial charge in [0.2, 0.25) is 0 Å². The Morgan fingerprint density at radius 2 is 1.64 bits per heavy atom. The number of methoxy groups -OCH3 is 1. The third-order valence-electron chi connectivity index (χ3n) is 4.08. The Balaban J connectivity index is 2.01. The lowest BCUT2D eigenvalue weighted by Crippen LogP contribution is -2.39. The number of ether oxygens (including phenoxy) is 1. The van der Waals surface area contributed by atoms with Crippen molar-refractivity contribution < 1.29 is 9.53 Å². The summed E-state index contributed by atoms with van der Waals surface area (Å²) in [6, 6.07) is 11.8. The Kier molecular flexibility index (Phi) is 4.14. The third-order valence-corrected chi connectivity index (χ3v) is 4.08. The predicted molar refractivity (Wildman–Crippen MR) is 95.4 cm³/mol. The van der Waals surface area contributed by atoms with Crippen LogP contribution in [-0.4, -0.2) is 22.2 Å². The van der Waals surface area contributed by atoms with E-state index in [2.05, 4.69) is 5.32 Å². The van der Waals surface area contributed by atoms with Crippen molar-refractivity contribution in [3.63, 3.8) is 0 Å². The summed E-state index contributed by atoms with van der Waals surface area (Å²) in [5, 5.41) is 2.79. The maximum Gasteiger partial charge on any atom is 0.316 e. The Hall–Kier alpha value is -3.35. The highest BCUT2D eigenvalue weighted by Gasteiger charge is 2.11. The number of nitrogens with zero attached hydrogens (tertiary/aromatic N) is 2. The molecule has 1 heterocycles. The molecule has 2 aromatic carbocycles. The number of aryl methyl sites for hydroxylation is 2. The fraction of sp³-hybridized carbons (Fsp3) is 0.167. The molecule has 7 heteroatoms. The number of carbonyl (C=O) groups is 1. The fourth-order valence-corrected chi connectivity index (χ4v) is 2.63. The first-order chi connectivity index (χ1) is 11.9. The molecule has 0 fully saturated rings. The fourth-order valence-electron chi connectivity index (χ4n) is 2.63. The largest absolute Gasteiger partial charge is 0.497 e. The minimum Gasteiger partial charge on any atom is -0.497 e. The highest BCUT2D eigenvalue weighted by atomic mass is 16.5. The summed E-state index contributed by atoms with van der Waals surface area (Å²) in [5.41, 5.74) is 0.916. The van der Waals surface area contributed by atoms with Gasteiger partial charge in [0.15, 0.2) is 0 Å². The summed E-state index contributed by atoms with van der Waals surface area (Å²) in [6.45, 7) is 0. The predicted octanol–water partition coefficient (Wildman–Crippen LogP) is 1.50. The Bertz CT molecular complexity index is 1100. The molecule has 25 heavy (non-hydrogen) atoms. The van der Waals surface area contributed by atoms with Gasteiger partial charge in [-0.05, 0) is 36.4 Å². The second-order valence-corrected chi connectivity index (χ2v) is 5.62. The van der Waals surface area contributed by atoms with Crippen molar-refractivity contribution in [1.29, 1.82) is 0 Å². The van der Waals surface area contributed by atoms with Crippen LogP contribution in [0.5, 0.6) is 5.75 Å². The average Bonchev–Trinajstić information content (AvgIpc) is 2.64. The molecule has 0 saturated heterocycles. The molecule has 1 N–H and O–H groups in total. The standard InChI is InChI=1S/C18H17N3O4/c1-20-14-8-7-12(10-15(14)21(2)18(24)17(20)23)19-16(22)11-5-4-6-13(9-11)25-3/h4-10H,1-3H3,(H,19,22). The third kappa shape index (κ3) is 2.91. The van der Waals surface area contributed by atoms with Gasteiger partial charge in [-0.15, -0.1) is 0 Å². The summed E-state index contributed by atoms with van der Waals surface area (Å²) in [4.78, 5) is 36.2. The molecule has 0 aliphatic heterocycles. The zero-order chi connectivity index (χ0) is 18.1. The minimum absolute atomic E-state index is 0.298. The van der Waals surface area contributed by atoms with E-state index in [-0.39, 0.29) is 5.91 Å². The second kappa shape index (κ2) is 6.27. The van der Waals surface area contributed by atoms with E-state index in [1.54, 1.807) is 49.5 Å². The van der Waals surface area contributed by atoms with E-state index in [0.717, 1.165) is 0 Å². The van der Waals surface area contributed by atoms with Crippen molar-refractivity contribution in [3.05, 3.63) is 68.7 Å². The molecular formula is C18H17N3O4. The lowest BCUT2D eigenvalue weighted by atomic mass is 10.2. The molecule has 0 saturated carbocycles. The number of amides is 1. The highest BCUT2D eigenvalue weighted by molar-refractivity contribution is 6.05. The van der Waals surface area contributed by atoms with Crippen LogP contribution in [0, 0.1) is 0 Å². The van der Waals surface area contributed by atoms with E-state index in [0.29, 0.717) is 28.0 Å². The van der Waals surface area contributed by atoms with Crippen LogP contribution in [0.3, 0.4) is 0 Å². The van der Waals surface area contributed by atoms with Crippen LogP contribution in [0.25, 0.3) is 11.0 Å². The van der Waals surface area contributed by atoms with Gasteiger partial charge in [0, 0.05) is 25.3 Å². The number of rotatable bonds is 3. The normalized spacial score (nSPS) is 10.7. The van der Waals surface area contributed by atoms with Crippen LogP contribution in [0.1, 0.15) is 10.4 Å². The smallest absolute Gasteiger partial charge is 0.316 e. The minimum atomic E-state index is -0.619. The lowest BCUT2D eigenvalue weighted by Gasteiger charge is -2.11. The van der Waals surface area contributed by atoms with Gasteiger partial charge in [0.05, 0.1) is 18.1 Å². The molecule has 3 rings (SSSR count). The van der Waals surface area contributed by atoms with Gasteiger partial charge < -0.3 is 19.2 Å². The maximum atomic E-state index is 12.4. The zero-order valence-electron chi connectivity index (χ0n) is 14.1. The number of fused-ring (bicyclic) bond motifs is 1. The number of benzene rings is 2. The molecule has 0 bridgehead atoms. The van der Waals surface area contributed by atoms with E-state index in [9.17, 15) is 14.4 Å². The first kappa shape index (κ1) is 16.5. The van der Waals surface area contributed by atoms with Crippen LogP contribution in [0.4, 0.5) is 5.69 Å². The van der Waals surface area contributed by atoms with Gasteiger partial charge in [-0.1, -0.05) is 6.07 Å². The summed E-state index contributed by atoms with van der Waals surface area (Å²) in [6.07, 6.45) is 0. The number of carbonyl (C=O) groups excluding carboxylic acids is 1. The molecule has 0 spiro atoms. The molecule has 3 aromatic rings. The number of hydrogen-bond donors (Lipinski definition) is 1. The lowest BCUT2D eigenvalue weighted by molar-refractivity contribution is 0.102. The molecular weight excluding hydrogens is 322 g/mol. The summed E-state index contributed by atoms with van der Waals surface area (Å²) in [7, 11) is 4.60. The summed E-state index contributed by atoms with van der Waals surface area (Å²) >= 11 is 0. The maximum absolute atomic E-state index is 12.4. The first-order valence-corrected chi connectivity index (χ1v) is 7.57. The van der Waals surface area contributed by atoms with Gasteiger partial charge in [0.1, 0.15) is 5.75 Å². The summed E-state index contributed by atoms with van der Waals surface area (Å²) < 4.78 is 7.69. The van der Waals surface area contributed by atoms with E-state index in [4.69, 9.17) is 4.74 Å². The van der Waals surface area contributed by atoms with Gasteiger partial charge in [-0.2, -0.15) is 0 Å². The first-order valence-electron chi connectivity index (χ1n) is 7.57. The molecule has 1 amide bonds. The van der Waals surface area contributed by atoms with Gasteiger partial charge in [-0.3, -0.25) is 14.4 Å².